The van der Waals surface area contributed by atoms with Gasteiger partial charge in [0.1, 0.15) is 0 Å². The molecule has 0 aliphatic heterocycles. The van der Waals surface area contributed by atoms with Gasteiger partial charge in [0.15, 0.2) is 5.78 Å². The molecule has 0 heterocycles. The van der Waals surface area contributed by atoms with Gasteiger partial charge in [-0.2, -0.15) is 0 Å². The molecule has 0 saturated carbocycles. The second-order valence-electron chi connectivity index (χ2n) is 3.67. The molecule has 1 N–H and O–H groups in total. The molecule has 1 aliphatic carbocycles. The number of aliphatic hydroxyl groups is 1. The first-order valence-corrected chi connectivity index (χ1v) is 4.52. The normalized spacial score (nSPS) is 25.5. The van der Waals surface area contributed by atoms with Crippen LogP contribution in [0.15, 0.2) is 11.6 Å². The van der Waals surface area contributed by atoms with Gasteiger partial charge in [0, 0.05) is 6.42 Å². The molecule has 12 heavy (non-hydrogen) atoms. The molecule has 0 radical (unpaired) electrons. The van der Waals surface area contributed by atoms with E-state index in [1.54, 1.807) is 0 Å². The van der Waals surface area contributed by atoms with Gasteiger partial charge in [0.2, 0.25) is 0 Å². The van der Waals surface area contributed by atoms with E-state index in [-0.39, 0.29) is 5.78 Å². The van der Waals surface area contributed by atoms with Crippen molar-refractivity contribution >= 4 is 5.78 Å². The lowest BCUT2D eigenvalue weighted by Crippen LogP contribution is -2.14. The zero-order valence-corrected chi connectivity index (χ0v) is 7.71. The van der Waals surface area contributed by atoms with Crippen LogP contribution in [0.25, 0.3) is 0 Å². The Bertz CT molecular complexity index is 204. The smallest absolute Gasteiger partial charge is 0.161 e. The number of Topliss-reactive ketones (excluding diaryl/α,β-unsaturated/α-hetero) is 1. The van der Waals surface area contributed by atoms with Crippen molar-refractivity contribution in [3.63, 3.8) is 0 Å². The summed E-state index contributed by atoms with van der Waals surface area (Å²) in [5.41, 5.74) is 0.895. The molecule has 1 aliphatic rings. The molecule has 2 heteroatoms. The molecule has 0 amide bonds. The summed E-state index contributed by atoms with van der Waals surface area (Å²) < 4.78 is 0. The SMILES string of the molecule is CC(C)C1=CCCC(O)CC1=O. The first-order chi connectivity index (χ1) is 5.61. The van der Waals surface area contributed by atoms with Crippen LogP contribution in [0, 0.1) is 5.92 Å². The van der Waals surface area contributed by atoms with Crippen LogP contribution in [0.3, 0.4) is 0 Å². The summed E-state index contributed by atoms with van der Waals surface area (Å²) in [7, 11) is 0. The van der Waals surface area contributed by atoms with Crippen molar-refractivity contribution in [3.05, 3.63) is 11.6 Å². The van der Waals surface area contributed by atoms with E-state index in [0.29, 0.717) is 12.3 Å². The van der Waals surface area contributed by atoms with Gasteiger partial charge in [-0.25, -0.2) is 0 Å². The molecule has 1 atom stereocenters. The van der Waals surface area contributed by atoms with Crippen LogP contribution in [0.5, 0.6) is 0 Å². The molecule has 0 fully saturated rings. The van der Waals surface area contributed by atoms with Gasteiger partial charge in [-0.15, -0.1) is 0 Å². The van der Waals surface area contributed by atoms with Gasteiger partial charge in [-0.05, 0) is 24.3 Å². The molecule has 0 aromatic carbocycles. The number of carbonyl (C=O) groups is 1. The highest BCUT2D eigenvalue weighted by atomic mass is 16.3. The first kappa shape index (κ1) is 9.46. The number of hydrogen-bond acceptors (Lipinski definition) is 2. The molecule has 2 nitrogen and oxygen atoms in total. The summed E-state index contributed by atoms with van der Waals surface area (Å²) in [5.74, 6) is 0.415. The molecule has 0 bridgehead atoms. The highest BCUT2D eigenvalue weighted by molar-refractivity contribution is 5.96. The lowest BCUT2D eigenvalue weighted by atomic mass is 9.97. The third kappa shape index (κ3) is 2.18. The van der Waals surface area contributed by atoms with Crippen molar-refractivity contribution in [2.45, 2.75) is 39.2 Å². The number of aliphatic hydroxyl groups excluding tert-OH is 1. The minimum atomic E-state index is -0.426. The monoisotopic (exact) mass is 168 g/mol. The Kier molecular flexibility index (Phi) is 3.04. The van der Waals surface area contributed by atoms with Crippen LogP contribution in [-0.2, 0) is 4.79 Å². The summed E-state index contributed by atoms with van der Waals surface area (Å²) in [4.78, 5) is 11.4. The molecular formula is C10H16O2. The minimum Gasteiger partial charge on any atom is -0.393 e. The van der Waals surface area contributed by atoms with Crippen LogP contribution in [0.1, 0.15) is 33.1 Å². The topological polar surface area (TPSA) is 37.3 Å². The maximum atomic E-state index is 11.4. The number of rotatable bonds is 1. The van der Waals surface area contributed by atoms with E-state index in [0.717, 1.165) is 18.4 Å². The Balaban J connectivity index is 2.72. The van der Waals surface area contributed by atoms with Crippen molar-refractivity contribution in [2.24, 2.45) is 5.92 Å². The van der Waals surface area contributed by atoms with Crippen LogP contribution >= 0.6 is 0 Å². The Morgan fingerprint density at radius 2 is 2.25 bits per heavy atom. The largest absolute Gasteiger partial charge is 0.393 e. The van der Waals surface area contributed by atoms with E-state index in [1.165, 1.54) is 0 Å². The number of allylic oxidation sites excluding steroid dienone is 2. The molecular weight excluding hydrogens is 152 g/mol. The maximum Gasteiger partial charge on any atom is 0.161 e. The molecule has 1 rings (SSSR count). The lowest BCUT2D eigenvalue weighted by Gasteiger charge is -2.08. The average Bonchev–Trinajstić information content (AvgIpc) is 2.10. The van der Waals surface area contributed by atoms with Gasteiger partial charge in [0.05, 0.1) is 6.10 Å². The highest BCUT2D eigenvalue weighted by Gasteiger charge is 2.19. The Morgan fingerprint density at radius 3 is 2.83 bits per heavy atom. The van der Waals surface area contributed by atoms with Gasteiger partial charge < -0.3 is 5.11 Å². The Morgan fingerprint density at radius 1 is 1.58 bits per heavy atom. The molecule has 0 aromatic rings. The lowest BCUT2D eigenvalue weighted by molar-refractivity contribution is -0.117. The zero-order valence-electron chi connectivity index (χ0n) is 7.71. The van der Waals surface area contributed by atoms with E-state index in [9.17, 15) is 9.90 Å². The van der Waals surface area contributed by atoms with Gasteiger partial charge in [-0.1, -0.05) is 19.9 Å². The first-order valence-electron chi connectivity index (χ1n) is 4.52. The molecule has 68 valence electrons. The van der Waals surface area contributed by atoms with Crippen molar-refractivity contribution < 1.29 is 9.90 Å². The van der Waals surface area contributed by atoms with Crippen LogP contribution in [0.4, 0.5) is 0 Å². The van der Waals surface area contributed by atoms with Gasteiger partial charge in [0.25, 0.3) is 0 Å². The quantitative estimate of drug-likeness (QED) is 0.646. The van der Waals surface area contributed by atoms with E-state index < -0.39 is 6.10 Å². The predicted molar refractivity (Wildman–Crippen MR) is 47.8 cm³/mol. The second-order valence-corrected chi connectivity index (χ2v) is 3.67. The summed E-state index contributed by atoms with van der Waals surface area (Å²) in [6, 6.07) is 0. The average molecular weight is 168 g/mol. The maximum absolute atomic E-state index is 11.4. The van der Waals surface area contributed by atoms with Crippen molar-refractivity contribution in [3.8, 4) is 0 Å². The number of carbonyl (C=O) groups excluding carboxylic acids is 1. The standard InChI is InChI=1S/C10H16O2/c1-7(2)9-5-3-4-8(11)6-10(9)12/h5,7-8,11H,3-4,6H2,1-2H3. The molecule has 0 spiro atoms. The second kappa shape index (κ2) is 3.85. The minimum absolute atomic E-state index is 0.120. The third-order valence-corrected chi connectivity index (χ3v) is 2.23. The van der Waals surface area contributed by atoms with E-state index in [4.69, 9.17) is 0 Å². The van der Waals surface area contributed by atoms with Crippen molar-refractivity contribution in [1.29, 1.82) is 0 Å². The summed E-state index contributed by atoms with van der Waals surface area (Å²) in [6.45, 7) is 4.03. The summed E-state index contributed by atoms with van der Waals surface area (Å²) in [6.07, 6.45) is 3.42. The fourth-order valence-corrected chi connectivity index (χ4v) is 1.54. The van der Waals surface area contributed by atoms with Crippen molar-refractivity contribution in [1.82, 2.24) is 0 Å². The molecule has 1 unspecified atom stereocenters. The summed E-state index contributed by atoms with van der Waals surface area (Å²) in [5, 5.41) is 9.30. The van der Waals surface area contributed by atoms with E-state index >= 15 is 0 Å². The van der Waals surface area contributed by atoms with Crippen LogP contribution < -0.4 is 0 Å². The van der Waals surface area contributed by atoms with E-state index in [2.05, 4.69) is 0 Å². The van der Waals surface area contributed by atoms with Crippen LogP contribution in [0.2, 0.25) is 0 Å². The Labute approximate surface area is 73.3 Å². The number of hydrogen-bond donors (Lipinski definition) is 1. The fourth-order valence-electron chi connectivity index (χ4n) is 1.54. The third-order valence-electron chi connectivity index (χ3n) is 2.23. The van der Waals surface area contributed by atoms with E-state index in [1.807, 2.05) is 19.9 Å². The zero-order chi connectivity index (χ0) is 9.14. The predicted octanol–water partition coefficient (Wildman–Crippen LogP) is 1.68. The van der Waals surface area contributed by atoms with Crippen molar-refractivity contribution in [2.75, 3.05) is 0 Å². The fraction of sp³-hybridized carbons (Fsp3) is 0.700. The summed E-state index contributed by atoms with van der Waals surface area (Å²) >= 11 is 0. The van der Waals surface area contributed by atoms with Crippen LogP contribution in [-0.4, -0.2) is 17.0 Å². The van der Waals surface area contributed by atoms with Gasteiger partial charge >= 0.3 is 0 Å². The Hall–Kier alpha value is -0.630. The highest BCUT2D eigenvalue weighted by Crippen LogP contribution is 2.20. The molecule has 0 saturated heterocycles. The van der Waals surface area contributed by atoms with Gasteiger partial charge in [-0.3, -0.25) is 4.79 Å². The molecule has 0 aromatic heterocycles. The number of ketones is 1.